The molecule has 6 heteroatoms. The van der Waals surface area contributed by atoms with Gasteiger partial charge in [0.1, 0.15) is 23.2 Å². The summed E-state index contributed by atoms with van der Waals surface area (Å²) in [6.07, 6.45) is 0.530. The summed E-state index contributed by atoms with van der Waals surface area (Å²) < 4.78 is 11.9. The average Bonchev–Trinajstić information content (AvgIpc) is 3.07. The summed E-state index contributed by atoms with van der Waals surface area (Å²) in [4.78, 5) is 15.2. The third-order valence-electron chi connectivity index (χ3n) is 5.11. The van der Waals surface area contributed by atoms with Crippen LogP contribution in [0.15, 0.2) is 53.4 Å². The average molecular weight is 385 g/mol. The van der Waals surface area contributed by atoms with E-state index in [1.165, 1.54) is 12.0 Å². The molecular weight excluding hydrogens is 362 g/mol. The Labute approximate surface area is 163 Å². The maximum atomic E-state index is 12.4. The van der Waals surface area contributed by atoms with Crippen LogP contribution in [0.25, 0.3) is 0 Å². The molecule has 0 aliphatic carbocycles. The first-order chi connectivity index (χ1) is 13.0. The van der Waals surface area contributed by atoms with E-state index in [4.69, 9.17) is 8.92 Å². The number of aliphatic hydroxyl groups excluding tert-OH is 1. The second kappa shape index (κ2) is 7.09. The molecule has 2 aromatic rings. The third-order valence-corrected chi connectivity index (χ3v) is 5.85. The van der Waals surface area contributed by atoms with Crippen LogP contribution >= 0.6 is 12.0 Å². The number of hydrogen-bond donors (Lipinski definition) is 1. The SMILES string of the molecule is CC1(C)Oc2ccc(OSc3ccccc3)cc2C(N2CCCC2=O)C1O. The number of hydrogen-bond acceptors (Lipinski definition) is 5. The summed E-state index contributed by atoms with van der Waals surface area (Å²) >= 11 is 1.27. The minimum absolute atomic E-state index is 0.0766. The lowest BCUT2D eigenvalue weighted by atomic mass is 9.85. The van der Waals surface area contributed by atoms with E-state index >= 15 is 0 Å². The van der Waals surface area contributed by atoms with Crippen LogP contribution in [0.1, 0.15) is 38.3 Å². The molecular formula is C21H23NO4S. The largest absolute Gasteiger partial charge is 0.485 e. The highest BCUT2D eigenvalue weighted by Gasteiger charge is 2.47. The number of fused-ring (bicyclic) bond motifs is 1. The van der Waals surface area contributed by atoms with Crippen molar-refractivity contribution in [2.75, 3.05) is 6.54 Å². The van der Waals surface area contributed by atoms with Gasteiger partial charge in [0, 0.05) is 23.4 Å². The highest BCUT2D eigenvalue weighted by atomic mass is 32.2. The van der Waals surface area contributed by atoms with Gasteiger partial charge in [-0.15, -0.1) is 0 Å². The zero-order chi connectivity index (χ0) is 19.0. The molecule has 0 bridgehead atoms. The molecule has 27 heavy (non-hydrogen) atoms. The number of carbonyl (C=O) groups excluding carboxylic acids is 1. The van der Waals surface area contributed by atoms with Crippen LogP contribution in [0.2, 0.25) is 0 Å². The zero-order valence-electron chi connectivity index (χ0n) is 15.4. The van der Waals surface area contributed by atoms with E-state index in [9.17, 15) is 9.90 Å². The van der Waals surface area contributed by atoms with Gasteiger partial charge in [-0.2, -0.15) is 0 Å². The molecule has 2 aliphatic rings. The van der Waals surface area contributed by atoms with Crippen molar-refractivity contribution in [1.82, 2.24) is 4.90 Å². The molecule has 1 saturated heterocycles. The van der Waals surface area contributed by atoms with Crippen LogP contribution in [0.3, 0.4) is 0 Å². The molecule has 2 aliphatic heterocycles. The molecule has 1 fully saturated rings. The van der Waals surface area contributed by atoms with Gasteiger partial charge < -0.3 is 18.9 Å². The Morgan fingerprint density at radius 3 is 2.70 bits per heavy atom. The van der Waals surface area contributed by atoms with Crippen molar-refractivity contribution in [1.29, 1.82) is 0 Å². The quantitative estimate of drug-likeness (QED) is 0.807. The van der Waals surface area contributed by atoms with Crippen molar-refractivity contribution >= 4 is 17.9 Å². The lowest BCUT2D eigenvalue weighted by Gasteiger charge is -2.45. The number of ether oxygens (including phenoxy) is 1. The minimum Gasteiger partial charge on any atom is -0.485 e. The molecule has 0 radical (unpaired) electrons. The first kappa shape index (κ1) is 18.2. The zero-order valence-corrected chi connectivity index (χ0v) is 16.2. The summed E-state index contributed by atoms with van der Waals surface area (Å²) in [5, 5.41) is 11.0. The Kier molecular flexibility index (Phi) is 4.78. The summed E-state index contributed by atoms with van der Waals surface area (Å²) in [5.41, 5.74) is 0.0186. The van der Waals surface area contributed by atoms with Crippen LogP contribution < -0.4 is 8.92 Å². The van der Waals surface area contributed by atoms with Crippen LogP contribution in [0.4, 0.5) is 0 Å². The second-order valence-corrected chi connectivity index (χ2v) is 8.27. The normalized spacial score (nSPS) is 23.7. The fourth-order valence-electron chi connectivity index (χ4n) is 3.67. The predicted octanol–water partition coefficient (Wildman–Crippen LogP) is 3.97. The number of rotatable bonds is 4. The predicted molar refractivity (Wildman–Crippen MR) is 104 cm³/mol. The van der Waals surface area contributed by atoms with Crippen molar-refractivity contribution in [3.8, 4) is 11.5 Å². The van der Waals surface area contributed by atoms with E-state index < -0.39 is 17.7 Å². The molecule has 0 aromatic heterocycles. The topological polar surface area (TPSA) is 59.0 Å². The summed E-state index contributed by atoms with van der Waals surface area (Å²) in [5.74, 6) is 1.43. The summed E-state index contributed by atoms with van der Waals surface area (Å²) in [6, 6.07) is 15.0. The highest BCUT2D eigenvalue weighted by molar-refractivity contribution is 7.95. The summed E-state index contributed by atoms with van der Waals surface area (Å²) in [6.45, 7) is 4.35. The van der Waals surface area contributed by atoms with E-state index in [2.05, 4.69) is 0 Å². The first-order valence-electron chi connectivity index (χ1n) is 9.16. The Morgan fingerprint density at radius 1 is 1.22 bits per heavy atom. The number of likely N-dealkylation sites (tertiary alicyclic amines) is 1. The van der Waals surface area contributed by atoms with Crippen LogP contribution in [-0.2, 0) is 4.79 Å². The number of benzene rings is 2. The summed E-state index contributed by atoms with van der Waals surface area (Å²) in [7, 11) is 0. The van der Waals surface area contributed by atoms with Gasteiger partial charge in [0.05, 0.1) is 18.1 Å². The van der Waals surface area contributed by atoms with Gasteiger partial charge in [-0.3, -0.25) is 4.79 Å². The van der Waals surface area contributed by atoms with Crippen molar-refractivity contribution in [3.05, 3.63) is 54.1 Å². The van der Waals surface area contributed by atoms with Gasteiger partial charge in [0.25, 0.3) is 0 Å². The van der Waals surface area contributed by atoms with E-state index in [1.807, 2.05) is 62.4 Å². The van der Waals surface area contributed by atoms with Crippen molar-refractivity contribution in [2.45, 2.75) is 49.3 Å². The minimum atomic E-state index is -0.816. The van der Waals surface area contributed by atoms with Crippen molar-refractivity contribution < 1.29 is 18.8 Å². The molecule has 2 atom stereocenters. The Balaban J connectivity index is 1.65. The molecule has 1 N–H and O–H groups in total. The monoisotopic (exact) mass is 385 g/mol. The number of nitrogens with zero attached hydrogens (tertiary/aromatic N) is 1. The molecule has 142 valence electrons. The smallest absolute Gasteiger partial charge is 0.223 e. The standard InChI is InChI=1S/C21H23NO4S/c1-21(2)20(24)19(22-12-6-9-18(22)23)16-13-14(10-11-17(16)25-21)26-27-15-7-4-3-5-8-15/h3-5,7-8,10-11,13,19-20,24H,6,9,12H2,1-2H3. The molecule has 2 aromatic carbocycles. The van der Waals surface area contributed by atoms with E-state index in [0.29, 0.717) is 24.5 Å². The fraction of sp³-hybridized carbons (Fsp3) is 0.381. The van der Waals surface area contributed by atoms with Gasteiger partial charge in [0.2, 0.25) is 5.91 Å². The van der Waals surface area contributed by atoms with Gasteiger partial charge in [-0.25, -0.2) is 0 Å². The number of amides is 1. The Bertz CT molecular complexity index is 839. The number of carbonyl (C=O) groups is 1. The molecule has 1 amide bonds. The molecule has 0 spiro atoms. The van der Waals surface area contributed by atoms with Gasteiger partial charge >= 0.3 is 0 Å². The molecule has 2 unspecified atom stereocenters. The number of aliphatic hydroxyl groups is 1. The molecule has 0 saturated carbocycles. The fourth-order valence-corrected chi connectivity index (χ4v) is 4.23. The molecule has 4 rings (SSSR count). The lowest BCUT2D eigenvalue weighted by molar-refractivity contribution is -0.139. The van der Waals surface area contributed by atoms with E-state index in [1.54, 1.807) is 4.90 Å². The van der Waals surface area contributed by atoms with E-state index in [-0.39, 0.29) is 5.91 Å². The lowest BCUT2D eigenvalue weighted by Crippen LogP contribution is -2.53. The maximum Gasteiger partial charge on any atom is 0.223 e. The molecule has 5 nitrogen and oxygen atoms in total. The first-order valence-corrected chi connectivity index (χ1v) is 9.90. The Morgan fingerprint density at radius 2 is 2.00 bits per heavy atom. The molecule has 2 heterocycles. The Hall–Kier alpha value is -2.18. The van der Waals surface area contributed by atoms with Crippen LogP contribution in [0, 0.1) is 0 Å². The highest BCUT2D eigenvalue weighted by Crippen LogP contribution is 2.45. The van der Waals surface area contributed by atoms with E-state index in [0.717, 1.165) is 16.9 Å². The van der Waals surface area contributed by atoms with Crippen molar-refractivity contribution in [3.63, 3.8) is 0 Å². The maximum absolute atomic E-state index is 12.4. The third kappa shape index (κ3) is 3.51. The van der Waals surface area contributed by atoms with Crippen LogP contribution in [-0.4, -0.2) is 34.2 Å². The van der Waals surface area contributed by atoms with Crippen molar-refractivity contribution in [2.24, 2.45) is 0 Å². The van der Waals surface area contributed by atoms with Crippen LogP contribution in [0.5, 0.6) is 11.5 Å². The second-order valence-electron chi connectivity index (χ2n) is 7.47. The van der Waals surface area contributed by atoms with Gasteiger partial charge in [0.15, 0.2) is 0 Å². The van der Waals surface area contributed by atoms with Gasteiger partial charge in [-0.05, 0) is 50.6 Å². The van der Waals surface area contributed by atoms with Gasteiger partial charge in [-0.1, -0.05) is 18.2 Å².